The molecule has 0 saturated heterocycles. The fourth-order valence-electron chi connectivity index (χ4n) is 2.17. The summed E-state index contributed by atoms with van der Waals surface area (Å²) >= 11 is 0. The quantitative estimate of drug-likeness (QED) is 0.657. The number of carbonyl (C=O) groups is 2. The van der Waals surface area contributed by atoms with Crippen LogP contribution in [0.15, 0.2) is 18.2 Å². The minimum absolute atomic E-state index is 0.191. The predicted molar refractivity (Wildman–Crippen MR) is 70.5 cm³/mol. The lowest BCUT2D eigenvalue weighted by molar-refractivity contribution is -0.126. The van der Waals surface area contributed by atoms with Crippen LogP contribution in [0.3, 0.4) is 0 Å². The van der Waals surface area contributed by atoms with Crippen molar-refractivity contribution in [2.45, 2.75) is 19.0 Å². The molecule has 0 saturated carbocycles. The lowest BCUT2D eigenvalue weighted by Crippen LogP contribution is -2.47. The molecule has 4 N–H and O–H groups in total. The number of hydrogen-bond acceptors (Lipinski definition) is 5. The van der Waals surface area contributed by atoms with Gasteiger partial charge in [-0.15, -0.1) is 0 Å². The van der Waals surface area contributed by atoms with Crippen LogP contribution >= 0.6 is 0 Å². The molecule has 0 bridgehead atoms. The molecule has 6 heteroatoms. The minimum Gasteiger partial charge on any atom is -0.394 e. The van der Waals surface area contributed by atoms with Crippen molar-refractivity contribution in [1.29, 1.82) is 0 Å². The van der Waals surface area contributed by atoms with E-state index in [1.807, 2.05) is 19.2 Å². The Balaban J connectivity index is 2.32. The Morgan fingerprint density at radius 1 is 1.58 bits per heavy atom. The van der Waals surface area contributed by atoms with Gasteiger partial charge >= 0.3 is 0 Å². The number of nitrogens with one attached hydrogen (secondary N) is 1. The van der Waals surface area contributed by atoms with E-state index >= 15 is 0 Å². The fourth-order valence-corrected chi connectivity index (χ4v) is 2.17. The molecule has 0 aromatic heterocycles. The molecular formula is C13H17N3O3. The van der Waals surface area contributed by atoms with E-state index in [9.17, 15) is 9.59 Å². The van der Waals surface area contributed by atoms with Gasteiger partial charge in [0, 0.05) is 6.54 Å². The summed E-state index contributed by atoms with van der Waals surface area (Å²) in [6.45, 7) is 0.224. The molecule has 1 aromatic rings. The van der Waals surface area contributed by atoms with E-state index in [0.717, 1.165) is 16.0 Å². The first-order valence-electron chi connectivity index (χ1n) is 6.08. The molecule has 19 heavy (non-hydrogen) atoms. The summed E-state index contributed by atoms with van der Waals surface area (Å²) < 4.78 is 0. The predicted octanol–water partition coefficient (Wildman–Crippen LogP) is -0.859. The van der Waals surface area contributed by atoms with Crippen molar-refractivity contribution in [2.24, 2.45) is 5.73 Å². The molecular weight excluding hydrogens is 246 g/mol. The highest BCUT2D eigenvalue weighted by atomic mass is 16.3. The number of nitrogens with zero attached hydrogens (tertiary/aromatic N) is 1. The van der Waals surface area contributed by atoms with Gasteiger partial charge < -0.3 is 16.2 Å². The van der Waals surface area contributed by atoms with Crippen molar-refractivity contribution in [3.63, 3.8) is 0 Å². The topological polar surface area (TPSA) is 95.7 Å². The third kappa shape index (κ3) is 2.51. The standard InChI is InChI=1S/C13H17N3O3/c1-15-6-8-2-3-11-9(4-8)5-12(18)16(11)13(19)10(14)7-17/h2-4,10,15,17H,5-7,14H2,1H3. The second kappa shape index (κ2) is 5.48. The maximum Gasteiger partial charge on any atom is 0.253 e. The number of anilines is 1. The first kappa shape index (κ1) is 13.7. The van der Waals surface area contributed by atoms with Crippen molar-refractivity contribution in [3.8, 4) is 0 Å². The number of hydrogen-bond donors (Lipinski definition) is 3. The van der Waals surface area contributed by atoms with E-state index < -0.39 is 18.6 Å². The zero-order valence-electron chi connectivity index (χ0n) is 10.7. The van der Waals surface area contributed by atoms with E-state index in [1.54, 1.807) is 6.07 Å². The van der Waals surface area contributed by atoms with Gasteiger partial charge in [0.2, 0.25) is 5.91 Å². The zero-order chi connectivity index (χ0) is 14.0. The molecule has 2 rings (SSSR count). The Bertz CT molecular complexity index is 516. The van der Waals surface area contributed by atoms with Crippen LogP contribution in [0.1, 0.15) is 11.1 Å². The van der Waals surface area contributed by atoms with Crippen LogP contribution < -0.4 is 16.0 Å². The lowest BCUT2D eigenvalue weighted by atomic mass is 10.1. The number of carbonyl (C=O) groups excluding carboxylic acids is 2. The Kier molecular flexibility index (Phi) is 3.94. The van der Waals surface area contributed by atoms with Gasteiger partial charge in [0.05, 0.1) is 18.7 Å². The summed E-state index contributed by atoms with van der Waals surface area (Å²) in [5, 5.41) is 12.0. The van der Waals surface area contributed by atoms with Crippen LogP contribution in [-0.2, 0) is 22.6 Å². The Hall–Kier alpha value is -1.76. The molecule has 1 aliphatic rings. The van der Waals surface area contributed by atoms with Crippen LogP contribution in [0.4, 0.5) is 5.69 Å². The van der Waals surface area contributed by atoms with E-state index in [4.69, 9.17) is 10.8 Å². The number of aliphatic hydroxyl groups is 1. The largest absolute Gasteiger partial charge is 0.394 e. The SMILES string of the molecule is CNCc1ccc2c(c1)CC(=O)N2C(=O)C(N)CO. The molecule has 2 amide bonds. The molecule has 1 heterocycles. The first-order chi connectivity index (χ1) is 9.08. The number of nitrogens with two attached hydrogens (primary N) is 1. The van der Waals surface area contributed by atoms with Crippen LogP contribution in [0.5, 0.6) is 0 Å². The van der Waals surface area contributed by atoms with Gasteiger partial charge in [0.15, 0.2) is 0 Å². The van der Waals surface area contributed by atoms with Gasteiger partial charge in [-0.25, -0.2) is 4.90 Å². The first-order valence-corrected chi connectivity index (χ1v) is 6.08. The molecule has 0 radical (unpaired) electrons. The van der Waals surface area contributed by atoms with E-state index in [2.05, 4.69) is 5.32 Å². The van der Waals surface area contributed by atoms with Crippen molar-refractivity contribution in [1.82, 2.24) is 5.32 Å². The molecule has 0 aliphatic carbocycles. The summed E-state index contributed by atoms with van der Waals surface area (Å²) in [6, 6.07) is 4.45. The van der Waals surface area contributed by atoms with Gasteiger partial charge in [0.25, 0.3) is 5.91 Å². The molecule has 1 unspecified atom stereocenters. The summed E-state index contributed by atoms with van der Waals surface area (Å²) in [5.41, 5.74) is 7.92. The van der Waals surface area contributed by atoms with E-state index in [1.165, 1.54) is 0 Å². The van der Waals surface area contributed by atoms with Crippen molar-refractivity contribution < 1.29 is 14.7 Å². The number of fused-ring (bicyclic) bond motifs is 1. The fraction of sp³-hybridized carbons (Fsp3) is 0.385. The Labute approximate surface area is 111 Å². The third-order valence-corrected chi connectivity index (χ3v) is 3.09. The van der Waals surface area contributed by atoms with E-state index in [0.29, 0.717) is 12.2 Å². The zero-order valence-corrected chi connectivity index (χ0v) is 10.7. The lowest BCUT2D eigenvalue weighted by Gasteiger charge is -2.18. The van der Waals surface area contributed by atoms with Crippen molar-refractivity contribution in [3.05, 3.63) is 29.3 Å². The molecule has 0 fully saturated rings. The average molecular weight is 263 g/mol. The number of amides is 2. The summed E-state index contributed by atoms with van der Waals surface area (Å²) in [4.78, 5) is 25.0. The Morgan fingerprint density at radius 3 is 2.95 bits per heavy atom. The summed E-state index contributed by atoms with van der Waals surface area (Å²) in [5.74, 6) is -0.863. The molecule has 1 aromatic carbocycles. The summed E-state index contributed by atoms with van der Waals surface area (Å²) in [7, 11) is 1.84. The normalized spacial score (nSPS) is 15.5. The number of aliphatic hydroxyl groups excluding tert-OH is 1. The smallest absolute Gasteiger partial charge is 0.253 e. The Morgan fingerprint density at radius 2 is 2.32 bits per heavy atom. The maximum atomic E-state index is 12.0. The minimum atomic E-state index is -1.06. The van der Waals surface area contributed by atoms with Crippen LogP contribution in [-0.4, -0.2) is 36.6 Å². The molecule has 0 spiro atoms. The van der Waals surface area contributed by atoms with Crippen molar-refractivity contribution >= 4 is 17.5 Å². The van der Waals surface area contributed by atoms with E-state index in [-0.39, 0.29) is 12.3 Å². The second-order valence-corrected chi connectivity index (χ2v) is 4.53. The molecule has 102 valence electrons. The number of rotatable bonds is 4. The summed E-state index contributed by atoms with van der Waals surface area (Å²) in [6.07, 6.45) is 0.191. The van der Waals surface area contributed by atoms with Gasteiger partial charge in [0.1, 0.15) is 6.04 Å². The van der Waals surface area contributed by atoms with Crippen LogP contribution in [0, 0.1) is 0 Å². The van der Waals surface area contributed by atoms with Gasteiger partial charge in [-0.3, -0.25) is 9.59 Å². The monoisotopic (exact) mass is 263 g/mol. The number of imide groups is 1. The van der Waals surface area contributed by atoms with Gasteiger partial charge in [-0.1, -0.05) is 12.1 Å². The highest BCUT2D eigenvalue weighted by molar-refractivity contribution is 6.20. The average Bonchev–Trinajstić information content (AvgIpc) is 2.72. The third-order valence-electron chi connectivity index (χ3n) is 3.09. The van der Waals surface area contributed by atoms with Gasteiger partial charge in [-0.05, 0) is 24.2 Å². The van der Waals surface area contributed by atoms with Gasteiger partial charge in [-0.2, -0.15) is 0 Å². The highest BCUT2D eigenvalue weighted by Crippen LogP contribution is 2.30. The molecule has 1 atom stereocenters. The van der Waals surface area contributed by atoms with Crippen molar-refractivity contribution in [2.75, 3.05) is 18.6 Å². The highest BCUT2D eigenvalue weighted by Gasteiger charge is 2.34. The number of benzene rings is 1. The maximum absolute atomic E-state index is 12.0. The molecule has 1 aliphatic heterocycles. The second-order valence-electron chi connectivity index (χ2n) is 4.53. The molecule has 6 nitrogen and oxygen atoms in total. The van der Waals surface area contributed by atoms with Crippen LogP contribution in [0.25, 0.3) is 0 Å². The van der Waals surface area contributed by atoms with Crippen LogP contribution in [0.2, 0.25) is 0 Å².